The van der Waals surface area contributed by atoms with Gasteiger partial charge in [0.2, 0.25) is 0 Å². The van der Waals surface area contributed by atoms with E-state index in [0.717, 1.165) is 6.42 Å². The topological polar surface area (TPSA) is 0 Å². The molecule has 0 saturated carbocycles. The van der Waals surface area contributed by atoms with Crippen LogP contribution in [-0.2, 0) is 0 Å². The fourth-order valence-corrected chi connectivity index (χ4v) is 1.37. The molecule has 1 aliphatic carbocycles. The number of hydrogen-bond acceptors (Lipinski definition) is 0. The van der Waals surface area contributed by atoms with E-state index in [9.17, 15) is 0 Å². The highest BCUT2D eigenvalue weighted by atomic mass is 13.9. The van der Waals surface area contributed by atoms with Crippen LogP contribution in [0.25, 0.3) is 0 Å². The summed E-state index contributed by atoms with van der Waals surface area (Å²) in [4.78, 5) is 0. The van der Waals surface area contributed by atoms with Crippen molar-refractivity contribution in [2.45, 2.75) is 38.5 Å². The van der Waals surface area contributed by atoms with Crippen molar-refractivity contribution in [3.05, 3.63) is 48.6 Å². The molecule has 1 rings (SSSR count). The van der Waals surface area contributed by atoms with Crippen LogP contribution in [0, 0.1) is 6.08 Å². The number of hydrogen-bond donors (Lipinski definition) is 0. The predicted molar refractivity (Wildman–Crippen MR) is 62.9 cm³/mol. The maximum Gasteiger partial charge on any atom is -0.0187 e. The zero-order valence-electron chi connectivity index (χ0n) is 8.78. The molecule has 0 fully saturated rings. The highest BCUT2D eigenvalue weighted by Crippen LogP contribution is 2.03. The molecule has 0 unspecified atom stereocenters. The van der Waals surface area contributed by atoms with Crippen molar-refractivity contribution in [3.63, 3.8) is 0 Å². The Hall–Kier alpha value is -1.04. The third-order valence-corrected chi connectivity index (χ3v) is 2.19. The Kier molecular flexibility index (Phi) is 6.74. The summed E-state index contributed by atoms with van der Waals surface area (Å²) in [6, 6.07) is 0. The van der Waals surface area contributed by atoms with E-state index in [1.54, 1.807) is 0 Å². The zero-order chi connectivity index (χ0) is 9.90. The molecule has 75 valence electrons. The standard InChI is InChI=1S/C14H19/c1-2-4-6-8-10-12-14-13-11-9-7-5-3-1/h1-3,7,9-10,12H,4,6,8,11,13-14H2/b2-1-,5-3?,9-7-,12-10+. The molecule has 1 radical (unpaired) electrons. The van der Waals surface area contributed by atoms with Crippen LogP contribution in [0.2, 0.25) is 0 Å². The SMILES string of the molecule is [C]1=C/C=C\CCC/C=C/CCC\C=C/1. The Labute approximate surface area is 87.7 Å². The normalized spacial score (nSPS) is 28.6. The fraction of sp³-hybridized carbons (Fsp3) is 0.429. The van der Waals surface area contributed by atoms with Gasteiger partial charge >= 0.3 is 0 Å². The smallest absolute Gasteiger partial charge is 0.0187 e. The minimum absolute atomic E-state index is 1.16. The fourth-order valence-electron chi connectivity index (χ4n) is 1.37. The lowest BCUT2D eigenvalue weighted by molar-refractivity contribution is 0.840. The van der Waals surface area contributed by atoms with Gasteiger partial charge in [0.15, 0.2) is 0 Å². The van der Waals surface area contributed by atoms with Crippen LogP contribution in [0.5, 0.6) is 0 Å². The summed E-state index contributed by atoms with van der Waals surface area (Å²) in [6.07, 6.45) is 25.5. The summed E-state index contributed by atoms with van der Waals surface area (Å²) in [6.45, 7) is 0. The second kappa shape index (κ2) is 8.55. The van der Waals surface area contributed by atoms with Gasteiger partial charge in [-0.25, -0.2) is 0 Å². The molecular weight excluding hydrogens is 168 g/mol. The van der Waals surface area contributed by atoms with Crippen molar-refractivity contribution in [1.82, 2.24) is 0 Å². The van der Waals surface area contributed by atoms with Gasteiger partial charge in [0.05, 0.1) is 0 Å². The molecular formula is C14H19. The Morgan fingerprint density at radius 3 is 2.14 bits per heavy atom. The van der Waals surface area contributed by atoms with E-state index in [1.165, 1.54) is 32.1 Å². The van der Waals surface area contributed by atoms with Crippen molar-refractivity contribution in [3.8, 4) is 0 Å². The predicted octanol–water partition coefficient (Wildman–Crippen LogP) is 4.37. The number of rotatable bonds is 0. The van der Waals surface area contributed by atoms with Gasteiger partial charge in [0.1, 0.15) is 0 Å². The molecule has 0 aromatic heterocycles. The average molecular weight is 187 g/mol. The highest BCUT2D eigenvalue weighted by Gasteiger charge is 1.83. The monoisotopic (exact) mass is 187 g/mol. The second-order valence-electron chi connectivity index (χ2n) is 3.50. The van der Waals surface area contributed by atoms with Gasteiger partial charge in [-0.3, -0.25) is 0 Å². The first-order valence-corrected chi connectivity index (χ1v) is 5.54. The summed E-state index contributed by atoms with van der Waals surface area (Å²) < 4.78 is 0. The first-order chi connectivity index (χ1) is 7.00. The van der Waals surface area contributed by atoms with Crippen molar-refractivity contribution >= 4 is 0 Å². The van der Waals surface area contributed by atoms with Crippen LogP contribution in [0.15, 0.2) is 42.5 Å². The zero-order valence-corrected chi connectivity index (χ0v) is 8.78. The third-order valence-electron chi connectivity index (χ3n) is 2.19. The van der Waals surface area contributed by atoms with E-state index in [-0.39, 0.29) is 0 Å². The van der Waals surface area contributed by atoms with Gasteiger partial charge in [0.25, 0.3) is 0 Å². The molecule has 0 aromatic rings. The largest absolute Gasteiger partial charge is 0.0885 e. The van der Waals surface area contributed by atoms with Crippen molar-refractivity contribution in [2.24, 2.45) is 0 Å². The van der Waals surface area contributed by atoms with E-state index in [4.69, 9.17) is 0 Å². The minimum Gasteiger partial charge on any atom is -0.0885 e. The minimum atomic E-state index is 1.16. The summed E-state index contributed by atoms with van der Waals surface area (Å²) in [7, 11) is 0. The molecule has 1 aliphatic rings. The van der Waals surface area contributed by atoms with E-state index >= 15 is 0 Å². The molecule has 0 saturated heterocycles. The lowest BCUT2D eigenvalue weighted by Gasteiger charge is -1.92. The molecule has 0 nitrogen and oxygen atoms in total. The number of allylic oxidation sites excluding steroid dienone is 8. The molecule has 14 heavy (non-hydrogen) atoms. The molecule has 0 bridgehead atoms. The molecule has 0 heteroatoms. The van der Waals surface area contributed by atoms with Gasteiger partial charge < -0.3 is 0 Å². The van der Waals surface area contributed by atoms with E-state index in [2.05, 4.69) is 36.5 Å². The van der Waals surface area contributed by atoms with Crippen molar-refractivity contribution in [1.29, 1.82) is 0 Å². The first kappa shape index (κ1) is 11.0. The van der Waals surface area contributed by atoms with Crippen LogP contribution >= 0.6 is 0 Å². The van der Waals surface area contributed by atoms with E-state index < -0.39 is 0 Å². The molecule has 0 N–H and O–H groups in total. The molecule has 0 aliphatic heterocycles. The van der Waals surface area contributed by atoms with Crippen molar-refractivity contribution < 1.29 is 0 Å². The first-order valence-electron chi connectivity index (χ1n) is 5.54. The lowest BCUT2D eigenvalue weighted by atomic mass is 10.1. The van der Waals surface area contributed by atoms with Crippen LogP contribution in [0.4, 0.5) is 0 Å². The lowest BCUT2D eigenvalue weighted by Crippen LogP contribution is -1.72. The third kappa shape index (κ3) is 6.47. The van der Waals surface area contributed by atoms with E-state index in [1.807, 2.05) is 12.2 Å². The van der Waals surface area contributed by atoms with Gasteiger partial charge in [0, 0.05) is 0 Å². The highest BCUT2D eigenvalue weighted by molar-refractivity contribution is 5.06. The molecule has 0 aromatic carbocycles. The Morgan fingerprint density at radius 1 is 0.714 bits per heavy atom. The summed E-state index contributed by atoms with van der Waals surface area (Å²) in [5, 5.41) is 0. The van der Waals surface area contributed by atoms with Gasteiger partial charge in [-0.1, -0.05) is 42.5 Å². The van der Waals surface area contributed by atoms with Crippen LogP contribution in [0.1, 0.15) is 38.5 Å². The van der Waals surface area contributed by atoms with E-state index in [0.29, 0.717) is 0 Å². The molecule has 0 spiro atoms. The Balaban J connectivity index is 2.35. The molecule has 0 atom stereocenters. The average Bonchev–Trinajstić information content (AvgIpc) is 2.22. The van der Waals surface area contributed by atoms with Gasteiger partial charge in [-0.15, -0.1) is 0 Å². The van der Waals surface area contributed by atoms with Crippen LogP contribution in [-0.4, -0.2) is 0 Å². The maximum absolute atomic E-state index is 3.13. The van der Waals surface area contributed by atoms with Crippen LogP contribution in [0.3, 0.4) is 0 Å². The molecule has 0 amide bonds. The molecule has 0 heterocycles. The van der Waals surface area contributed by atoms with Gasteiger partial charge in [-0.05, 0) is 44.6 Å². The maximum atomic E-state index is 3.13. The van der Waals surface area contributed by atoms with Crippen molar-refractivity contribution in [2.75, 3.05) is 0 Å². The Morgan fingerprint density at radius 2 is 1.36 bits per heavy atom. The summed E-state index contributed by atoms with van der Waals surface area (Å²) in [5.41, 5.74) is 0. The van der Waals surface area contributed by atoms with Gasteiger partial charge in [-0.2, -0.15) is 0 Å². The second-order valence-corrected chi connectivity index (χ2v) is 3.50. The summed E-state index contributed by atoms with van der Waals surface area (Å²) in [5.74, 6) is 0. The van der Waals surface area contributed by atoms with Crippen LogP contribution < -0.4 is 0 Å². The summed E-state index contributed by atoms with van der Waals surface area (Å²) >= 11 is 0. The quantitative estimate of drug-likeness (QED) is 0.494. The Bertz CT molecular complexity index is 204.